The number of nitrogens with one attached hydrogen (secondary N) is 1. The first-order chi connectivity index (χ1) is 12.1. The molecule has 1 saturated carbocycles. The topological polar surface area (TPSA) is 54.9 Å². The van der Waals surface area contributed by atoms with Crippen LogP contribution >= 0.6 is 11.5 Å². The lowest BCUT2D eigenvalue weighted by molar-refractivity contribution is -0.117. The molecule has 1 fully saturated rings. The van der Waals surface area contributed by atoms with Gasteiger partial charge < -0.3 is 5.32 Å². The highest BCUT2D eigenvalue weighted by atomic mass is 32.1. The Morgan fingerprint density at radius 3 is 2.68 bits per heavy atom. The summed E-state index contributed by atoms with van der Waals surface area (Å²) in [6.45, 7) is 0. The fourth-order valence-corrected chi connectivity index (χ4v) is 3.37. The molecule has 0 aliphatic heterocycles. The van der Waals surface area contributed by atoms with Gasteiger partial charge in [0.2, 0.25) is 11.0 Å². The molecule has 2 aromatic carbocycles. The number of nitrogens with zero attached hydrogens (tertiary/aromatic N) is 2. The standard InChI is InChI=1S/C18H13F2N3OS/c19-12-6-4-10(5-7-12)16-21-18(25-23-16)22-17(24)15-9-14(15)11-2-1-3-13(20)8-11/h1-8,14-15H,9H2,(H,21,22,23,24). The highest BCUT2D eigenvalue weighted by Crippen LogP contribution is 2.48. The van der Waals surface area contributed by atoms with Gasteiger partial charge >= 0.3 is 0 Å². The summed E-state index contributed by atoms with van der Waals surface area (Å²) in [5.74, 6) is -0.463. The Kier molecular flexibility index (Phi) is 4.01. The Morgan fingerprint density at radius 2 is 1.92 bits per heavy atom. The Bertz CT molecular complexity index is 926. The van der Waals surface area contributed by atoms with Crippen LogP contribution in [0.1, 0.15) is 17.9 Å². The lowest BCUT2D eigenvalue weighted by atomic mass is 10.1. The molecule has 126 valence electrons. The van der Waals surface area contributed by atoms with Gasteiger partial charge in [0.25, 0.3) is 0 Å². The molecule has 1 N–H and O–H groups in total. The normalized spacial score (nSPS) is 18.8. The molecule has 2 atom stereocenters. The predicted molar refractivity (Wildman–Crippen MR) is 91.2 cm³/mol. The van der Waals surface area contributed by atoms with Crippen molar-refractivity contribution in [2.75, 3.05) is 5.32 Å². The van der Waals surface area contributed by atoms with E-state index < -0.39 is 0 Å². The van der Waals surface area contributed by atoms with E-state index in [0.29, 0.717) is 22.9 Å². The zero-order valence-electron chi connectivity index (χ0n) is 12.9. The maximum Gasteiger partial charge on any atom is 0.229 e. The van der Waals surface area contributed by atoms with Crippen molar-refractivity contribution in [2.24, 2.45) is 5.92 Å². The minimum absolute atomic E-state index is 0.0418. The molecule has 3 aromatic rings. The third-order valence-electron chi connectivity index (χ3n) is 4.16. The monoisotopic (exact) mass is 357 g/mol. The van der Waals surface area contributed by atoms with Crippen molar-refractivity contribution in [3.8, 4) is 11.4 Å². The summed E-state index contributed by atoms with van der Waals surface area (Å²) >= 11 is 1.07. The number of carbonyl (C=O) groups is 1. The van der Waals surface area contributed by atoms with Crippen molar-refractivity contribution in [2.45, 2.75) is 12.3 Å². The van der Waals surface area contributed by atoms with Crippen LogP contribution in [-0.4, -0.2) is 15.3 Å². The van der Waals surface area contributed by atoms with E-state index in [1.807, 2.05) is 6.07 Å². The van der Waals surface area contributed by atoms with Gasteiger partial charge in [-0.1, -0.05) is 12.1 Å². The number of rotatable bonds is 4. The molecular weight excluding hydrogens is 344 g/mol. The second kappa shape index (κ2) is 6.33. The van der Waals surface area contributed by atoms with Gasteiger partial charge in [0.15, 0.2) is 5.82 Å². The fraction of sp³-hybridized carbons (Fsp3) is 0.167. The van der Waals surface area contributed by atoms with E-state index in [1.54, 1.807) is 18.2 Å². The molecule has 1 aliphatic rings. The van der Waals surface area contributed by atoms with Crippen molar-refractivity contribution in [1.29, 1.82) is 0 Å². The van der Waals surface area contributed by atoms with E-state index in [1.165, 1.54) is 24.3 Å². The van der Waals surface area contributed by atoms with E-state index in [-0.39, 0.29) is 29.4 Å². The smallest absolute Gasteiger partial charge is 0.229 e. The molecule has 1 aliphatic carbocycles. The predicted octanol–water partition coefficient (Wildman–Crippen LogP) is 4.23. The number of carbonyl (C=O) groups excluding carboxylic acids is 1. The van der Waals surface area contributed by atoms with Gasteiger partial charge in [-0.05, 0) is 54.3 Å². The van der Waals surface area contributed by atoms with E-state index in [0.717, 1.165) is 17.1 Å². The van der Waals surface area contributed by atoms with Gasteiger partial charge in [-0.25, -0.2) is 8.78 Å². The van der Waals surface area contributed by atoms with Gasteiger partial charge in [-0.15, -0.1) is 0 Å². The van der Waals surface area contributed by atoms with E-state index in [4.69, 9.17) is 0 Å². The van der Waals surface area contributed by atoms with Crippen LogP contribution in [0.25, 0.3) is 11.4 Å². The maximum absolute atomic E-state index is 13.3. The number of hydrogen-bond donors (Lipinski definition) is 1. The first kappa shape index (κ1) is 15.8. The highest BCUT2D eigenvalue weighted by molar-refractivity contribution is 7.10. The number of amides is 1. The lowest BCUT2D eigenvalue weighted by Crippen LogP contribution is -2.14. The lowest BCUT2D eigenvalue weighted by Gasteiger charge is -2.01. The Labute approximate surface area is 146 Å². The van der Waals surface area contributed by atoms with E-state index in [9.17, 15) is 13.6 Å². The van der Waals surface area contributed by atoms with Gasteiger partial charge in [0.1, 0.15) is 11.6 Å². The van der Waals surface area contributed by atoms with Crippen LogP contribution in [0.15, 0.2) is 48.5 Å². The summed E-state index contributed by atoms with van der Waals surface area (Å²) in [4.78, 5) is 16.6. The second-order valence-corrected chi connectivity index (χ2v) is 6.67. The molecule has 4 nitrogen and oxygen atoms in total. The summed E-state index contributed by atoms with van der Waals surface area (Å²) in [5, 5.41) is 3.16. The van der Waals surface area contributed by atoms with Crippen LogP contribution in [0, 0.1) is 17.6 Å². The first-order valence-electron chi connectivity index (χ1n) is 7.76. The van der Waals surface area contributed by atoms with Crippen LogP contribution in [0.5, 0.6) is 0 Å². The van der Waals surface area contributed by atoms with Crippen LogP contribution < -0.4 is 5.32 Å². The molecule has 7 heteroatoms. The first-order valence-corrected chi connectivity index (χ1v) is 8.53. The summed E-state index contributed by atoms with van der Waals surface area (Å²) in [5.41, 5.74) is 1.52. The maximum atomic E-state index is 13.3. The minimum atomic E-state index is -0.329. The third-order valence-corrected chi connectivity index (χ3v) is 4.79. The molecule has 0 saturated heterocycles. The van der Waals surface area contributed by atoms with Crippen LogP contribution in [-0.2, 0) is 4.79 Å². The molecule has 0 spiro atoms. The largest absolute Gasteiger partial charge is 0.300 e. The van der Waals surface area contributed by atoms with Crippen LogP contribution in [0.4, 0.5) is 13.9 Å². The Balaban J connectivity index is 1.41. The number of aromatic nitrogens is 2. The molecule has 1 amide bonds. The molecule has 25 heavy (non-hydrogen) atoms. The van der Waals surface area contributed by atoms with E-state index >= 15 is 0 Å². The molecular formula is C18H13F2N3OS. The minimum Gasteiger partial charge on any atom is -0.300 e. The van der Waals surface area contributed by atoms with Gasteiger partial charge in [0, 0.05) is 23.0 Å². The summed E-state index contributed by atoms with van der Waals surface area (Å²) in [6.07, 6.45) is 0.693. The van der Waals surface area contributed by atoms with Gasteiger partial charge in [-0.2, -0.15) is 9.36 Å². The van der Waals surface area contributed by atoms with Crippen molar-refractivity contribution >= 4 is 22.6 Å². The number of hydrogen-bond acceptors (Lipinski definition) is 4. The summed E-state index contributed by atoms with van der Waals surface area (Å²) < 4.78 is 30.4. The van der Waals surface area contributed by atoms with Crippen LogP contribution in [0.2, 0.25) is 0 Å². The molecule has 1 aromatic heterocycles. The number of anilines is 1. The summed E-state index contributed by atoms with van der Waals surface area (Å²) in [6, 6.07) is 12.2. The van der Waals surface area contributed by atoms with Crippen molar-refractivity contribution in [3.63, 3.8) is 0 Å². The van der Waals surface area contributed by atoms with Crippen molar-refractivity contribution < 1.29 is 13.6 Å². The average Bonchev–Trinajstić information content (AvgIpc) is 3.28. The highest BCUT2D eigenvalue weighted by Gasteiger charge is 2.44. The third kappa shape index (κ3) is 3.41. The quantitative estimate of drug-likeness (QED) is 0.760. The molecule has 0 radical (unpaired) electrons. The zero-order chi connectivity index (χ0) is 17.4. The number of benzene rings is 2. The van der Waals surface area contributed by atoms with E-state index in [2.05, 4.69) is 14.7 Å². The van der Waals surface area contributed by atoms with Crippen LogP contribution in [0.3, 0.4) is 0 Å². The van der Waals surface area contributed by atoms with Gasteiger partial charge in [-0.3, -0.25) is 4.79 Å². The van der Waals surface area contributed by atoms with Crippen molar-refractivity contribution in [3.05, 3.63) is 65.7 Å². The Morgan fingerprint density at radius 1 is 1.12 bits per heavy atom. The fourth-order valence-electron chi connectivity index (χ4n) is 2.78. The summed E-state index contributed by atoms with van der Waals surface area (Å²) in [7, 11) is 0. The zero-order valence-corrected chi connectivity index (χ0v) is 13.8. The molecule has 0 bridgehead atoms. The SMILES string of the molecule is O=C(Nc1nc(-c2ccc(F)cc2)ns1)C1CC1c1cccc(F)c1. The van der Waals surface area contributed by atoms with Crippen molar-refractivity contribution in [1.82, 2.24) is 9.36 Å². The molecule has 1 heterocycles. The van der Waals surface area contributed by atoms with Gasteiger partial charge in [0.05, 0.1) is 0 Å². The second-order valence-electron chi connectivity index (χ2n) is 5.92. The molecule has 2 unspecified atom stereocenters. The molecule has 4 rings (SSSR count). The number of halogens is 2. The Hall–Kier alpha value is -2.67. The average molecular weight is 357 g/mol.